The predicted molar refractivity (Wildman–Crippen MR) is 92.1 cm³/mol. The van der Waals surface area contributed by atoms with Gasteiger partial charge in [-0.25, -0.2) is 9.59 Å². The van der Waals surface area contributed by atoms with Crippen molar-refractivity contribution in [1.82, 2.24) is 10.2 Å². The number of benzene rings is 1. The van der Waals surface area contributed by atoms with Gasteiger partial charge in [-0.15, -0.1) is 12.4 Å². The van der Waals surface area contributed by atoms with Crippen molar-refractivity contribution in [3.63, 3.8) is 0 Å². The van der Waals surface area contributed by atoms with E-state index in [-0.39, 0.29) is 24.5 Å². The number of amides is 2. The molecule has 2 fully saturated rings. The number of fused-ring (bicyclic) bond motifs is 1. The van der Waals surface area contributed by atoms with Crippen LogP contribution in [-0.2, 0) is 4.79 Å². The topological polar surface area (TPSA) is 82.1 Å². The van der Waals surface area contributed by atoms with Crippen molar-refractivity contribution < 1.29 is 19.4 Å². The summed E-state index contributed by atoms with van der Waals surface area (Å²) in [7, 11) is 0. The van der Waals surface area contributed by atoms with Crippen molar-refractivity contribution in [3.05, 3.63) is 24.3 Å². The van der Waals surface area contributed by atoms with Crippen molar-refractivity contribution in [2.24, 2.45) is 0 Å². The molecule has 3 rings (SSSR count). The van der Waals surface area contributed by atoms with Gasteiger partial charge in [0.25, 0.3) is 0 Å². The highest BCUT2D eigenvalue weighted by Gasteiger charge is 2.39. The minimum Gasteiger partial charge on any atom is -0.478 e. The molecule has 2 saturated heterocycles. The zero-order valence-corrected chi connectivity index (χ0v) is 14.5. The van der Waals surface area contributed by atoms with Crippen LogP contribution in [0.25, 0.3) is 0 Å². The Hall–Kier alpha value is -1.99. The first-order valence-electron chi connectivity index (χ1n) is 7.70. The smallest absolute Gasteiger partial charge is 0.347 e. The number of rotatable bonds is 4. The lowest BCUT2D eigenvalue weighted by atomic mass is 10.1. The standard InChI is InChI=1S/C16H21N3O4.ClH/c1-16(2,14(20)21)23-13-5-3-11(4-6-13)19-10-12-9-17-7-8-18(12)15(19)22;/h3-6,12,17H,7-10H2,1-2H3,(H,20,21);1H/t12-;/m0./s1. The fourth-order valence-corrected chi connectivity index (χ4v) is 2.87. The van der Waals surface area contributed by atoms with Crippen molar-refractivity contribution in [1.29, 1.82) is 0 Å². The third kappa shape index (κ3) is 3.42. The largest absolute Gasteiger partial charge is 0.478 e. The zero-order valence-electron chi connectivity index (χ0n) is 13.7. The number of aliphatic carboxylic acids is 1. The molecule has 1 aromatic carbocycles. The Balaban J connectivity index is 0.00000208. The summed E-state index contributed by atoms with van der Waals surface area (Å²) in [5, 5.41) is 12.4. The van der Waals surface area contributed by atoms with E-state index < -0.39 is 11.6 Å². The molecule has 7 nitrogen and oxygen atoms in total. The molecule has 1 aromatic rings. The molecule has 8 heteroatoms. The molecule has 0 aromatic heterocycles. The third-order valence-corrected chi connectivity index (χ3v) is 4.26. The van der Waals surface area contributed by atoms with Crippen LogP contribution in [0.2, 0.25) is 0 Å². The maximum absolute atomic E-state index is 12.5. The third-order valence-electron chi connectivity index (χ3n) is 4.26. The zero-order chi connectivity index (χ0) is 16.6. The molecule has 2 heterocycles. The maximum Gasteiger partial charge on any atom is 0.347 e. The fourth-order valence-electron chi connectivity index (χ4n) is 2.87. The Labute approximate surface area is 147 Å². The van der Waals surface area contributed by atoms with Crippen LogP contribution in [0.5, 0.6) is 5.75 Å². The van der Waals surface area contributed by atoms with Crippen LogP contribution in [0, 0.1) is 0 Å². The quantitative estimate of drug-likeness (QED) is 0.856. The van der Waals surface area contributed by atoms with Crippen LogP contribution in [0.15, 0.2) is 24.3 Å². The van der Waals surface area contributed by atoms with E-state index in [1.807, 2.05) is 4.90 Å². The summed E-state index contributed by atoms with van der Waals surface area (Å²) in [6.45, 7) is 6.03. The predicted octanol–water partition coefficient (Wildman–Crippen LogP) is 1.56. The van der Waals surface area contributed by atoms with Crippen LogP contribution in [0.4, 0.5) is 10.5 Å². The molecule has 2 amide bonds. The number of nitrogens with one attached hydrogen (secondary N) is 1. The highest BCUT2D eigenvalue weighted by Crippen LogP contribution is 2.27. The van der Waals surface area contributed by atoms with Gasteiger partial charge in [0.1, 0.15) is 5.75 Å². The number of urea groups is 1. The maximum atomic E-state index is 12.5. The minimum absolute atomic E-state index is 0. The Morgan fingerprint density at radius 1 is 1.33 bits per heavy atom. The highest BCUT2D eigenvalue weighted by molar-refractivity contribution is 5.94. The second-order valence-corrected chi connectivity index (χ2v) is 6.36. The molecule has 0 spiro atoms. The molecule has 0 aliphatic carbocycles. The summed E-state index contributed by atoms with van der Waals surface area (Å²) < 4.78 is 5.48. The fraction of sp³-hybridized carbons (Fsp3) is 0.500. The van der Waals surface area contributed by atoms with Crippen LogP contribution >= 0.6 is 12.4 Å². The number of ether oxygens (including phenoxy) is 1. The van der Waals surface area contributed by atoms with E-state index >= 15 is 0 Å². The summed E-state index contributed by atoms with van der Waals surface area (Å²) in [4.78, 5) is 27.2. The SMILES string of the molecule is CC(C)(Oc1ccc(N2C[C@@H]3CNCCN3C2=O)cc1)C(=O)O.Cl. The lowest BCUT2D eigenvalue weighted by Crippen LogP contribution is -2.49. The van der Waals surface area contributed by atoms with Crippen molar-refractivity contribution in [3.8, 4) is 5.75 Å². The molecule has 0 unspecified atom stereocenters. The molecule has 2 aliphatic rings. The average Bonchev–Trinajstić information content (AvgIpc) is 2.85. The molecule has 0 radical (unpaired) electrons. The molecule has 24 heavy (non-hydrogen) atoms. The van der Waals surface area contributed by atoms with Crippen molar-refractivity contribution in [2.75, 3.05) is 31.1 Å². The molecular formula is C16H22ClN3O4. The minimum atomic E-state index is -1.29. The Morgan fingerprint density at radius 3 is 2.58 bits per heavy atom. The van der Waals surface area contributed by atoms with Crippen LogP contribution in [0.3, 0.4) is 0 Å². The molecule has 0 bridgehead atoms. The Morgan fingerprint density at radius 2 is 2.00 bits per heavy atom. The molecule has 1 atom stereocenters. The number of anilines is 1. The monoisotopic (exact) mass is 355 g/mol. The van der Waals surface area contributed by atoms with Gasteiger partial charge in [0, 0.05) is 31.9 Å². The number of carbonyl (C=O) groups is 2. The molecule has 2 N–H and O–H groups in total. The summed E-state index contributed by atoms with van der Waals surface area (Å²) >= 11 is 0. The number of hydrogen-bond acceptors (Lipinski definition) is 4. The van der Waals surface area contributed by atoms with E-state index in [4.69, 9.17) is 9.84 Å². The van der Waals surface area contributed by atoms with Gasteiger partial charge in [-0.2, -0.15) is 0 Å². The van der Waals surface area contributed by atoms with E-state index in [9.17, 15) is 9.59 Å². The van der Waals surface area contributed by atoms with E-state index in [0.717, 1.165) is 25.3 Å². The summed E-state index contributed by atoms with van der Waals surface area (Å²) in [6, 6.07) is 7.20. The second kappa shape index (κ2) is 6.86. The van der Waals surface area contributed by atoms with Gasteiger partial charge >= 0.3 is 12.0 Å². The number of piperazine rings is 1. The van der Waals surface area contributed by atoms with Gasteiger partial charge in [0.15, 0.2) is 5.60 Å². The normalized spacial score (nSPS) is 20.4. The van der Waals surface area contributed by atoms with Crippen LogP contribution in [0.1, 0.15) is 13.8 Å². The van der Waals surface area contributed by atoms with Gasteiger partial charge < -0.3 is 20.1 Å². The molecule has 2 aliphatic heterocycles. The Bertz CT molecular complexity index is 620. The van der Waals surface area contributed by atoms with Gasteiger partial charge in [0.2, 0.25) is 0 Å². The van der Waals surface area contributed by atoms with Gasteiger partial charge in [-0.05, 0) is 38.1 Å². The lowest BCUT2D eigenvalue weighted by Gasteiger charge is -2.28. The number of carbonyl (C=O) groups excluding carboxylic acids is 1. The highest BCUT2D eigenvalue weighted by atomic mass is 35.5. The summed E-state index contributed by atoms with van der Waals surface area (Å²) in [6.07, 6.45) is 0. The first-order valence-corrected chi connectivity index (χ1v) is 7.70. The molecule has 0 saturated carbocycles. The number of nitrogens with zero attached hydrogens (tertiary/aromatic N) is 2. The first kappa shape index (κ1) is 18.4. The van der Waals surface area contributed by atoms with Gasteiger partial charge in [-0.1, -0.05) is 0 Å². The lowest BCUT2D eigenvalue weighted by molar-refractivity contribution is -0.152. The van der Waals surface area contributed by atoms with E-state index in [1.54, 1.807) is 29.2 Å². The molecule has 132 valence electrons. The first-order chi connectivity index (χ1) is 10.9. The summed E-state index contributed by atoms with van der Waals surface area (Å²) in [5.74, 6) is -0.562. The number of carboxylic acid groups (broad SMARTS) is 1. The number of halogens is 1. The molecular weight excluding hydrogens is 334 g/mol. The van der Waals surface area contributed by atoms with Crippen molar-refractivity contribution in [2.45, 2.75) is 25.5 Å². The van der Waals surface area contributed by atoms with Crippen molar-refractivity contribution >= 4 is 30.1 Å². The average molecular weight is 356 g/mol. The van der Waals surface area contributed by atoms with E-state index in [2.05, 4.69) is 5.32 Å². The van der Waals surface area contributed by atoms with E-state index in [1.165, 1.54) is 13.8 Å². The number of carboxylic acids is 1. The van der Waals surface area contributed by atoms with Gasteiger partial charge in [-0.3, -0.25) is 4.90 Å². The second-order valence-electron chi connectivity index (χ2n) is 6.36. The van der Waals surface area contributed by atoms with E-state index in [0.29, 0.717) is 12.3 Å². The summed E-state index contributed by atoms with van der Waals surface area (Å²) in [5.41, 5.74) is -0.498. The van der Waals surface area contributed by atoms with Crippen LogP contribution in [-0.4, -0.2) is 59.8 Å². The van der Waals surface area contributed by atoms with Gasteiger partial charge in [0.05, 0.1) is 6.04 Å². The Kier molecular flexibility index (Phi) is 5.25. The van der Waals surface area contributed by atoms with Crippen LogP contribution < -0.4 is 15.0 Å². The number of hydrogen-bond donors (Lipinski definition) is 2.